The van der Waals surface area contributed by atoms with Crippen molar-refractivity contribution in [1.29, 1.82) is 0 Å². The number of hydrogen-bond acceptors (Lipinski definition) is 4. The molecule has 10 heteroatoms. The molecule has 2 aliphatic heterocycles. The number of imide groups is 1. The minimum Gasteiger partial charge on any atom is -0.346 e. The summed E-state index contributed by atoms with van der Waals surface area (Å²) < 4.78 is 62.0. The van der Waals surface area contributed by atoms with Gasteiger partial charge in [-0.25, -0.2) is 0 Å². The Morgan fingerprint density at radius 3 is 2.72 bits per heavy atom. The molecule has 0 aliphatic carbocycles. The molecule has 4 rings (SSSR count). The van der Waals surface area contributed by atoms with Crippen molar-refractivity contribution in [3.05, 3.63) is 69.7 Å². The van der Waals surface area contributed by atoms with Crippen molar-refractivity contribution in [2.45, 2.75) is 37.8 Å². The van der Waals surface area contributed by atoms with Crippen LogP contribution in [-0.4, -0.2) is 34.5 Å². The first kappa shape index (κ1) is 17.3. The second kappa shape index (κ2) is 8.31. The second-order valence-electron chi connectivity index (χ2n) is 7.12. The number of hydrogen-bond donors (Lipinski definition) is 2. The Bertz CT molecular complexity index is 1280. The van der Waals surface area contributed by atoms with Gasteiger partial charge in [0.25, 0.3) is 11.8 Å². The van der Waals surface area contributed by atoms with Gasteiger partial charge in [-0.2, -0.15) is 8.78 Å². The Balaban J connectivity index is 1.57. The van der Waals surface area contributed by atoms with Crippen LogP contribution in [0.3, 0.4) is 0 Å². The molecule has 166 valence electrons. The lowest BCUT2D eigenvalue weighted by atomic mass is 10.0. The Kier molecular flexibility index (Phi) is 4.48. The van der Waals surface area contributed by atoms with E-state index in [1.54, 1.807) is 0 Å². The van der Waals surface area contributed by atoms with Gasteiger partial charge in [-0.3, -0.25) is 24.5 Å². The maximum atomic E-state index is 14.7. The predicted octanol–water partition coefficient (Wildman–Crippen LogP) is 2.51. The summed E-state index contributed by atoms with van der Waals surface area (Å²) >= 11 is 5.69. The molecule has 2 aromatic rings. The van der Waals surface area contributed by atoms with Gasteiger partial charge in [-0.1, -0.05) is 35.9 Å². The van der Waals surface area contributed by atoms with E-state index in [1.807, 2.05) is 5.32 Å². The maximum absolute atomic E-state index is 14.7. The summed E-state index contributed by atoms with van der Waals surface area (Å²) in [5.41, 5.74) is -0.512. The quantitative estimate of drug-likeness (QED) is 0.663. The van der Waals surface area contributed by atoms with Crippen LogP contribution in [0, 0.1) is 0 Å². The molecule has 0 saturated carbocycles. The average Bonchev–Trinajstić information content (AvgIpc) is 3.17. The fraction of sp³-hybridized carbons (Fsp3) is 0.273. The van der Waals surface area contributed by atoms with Crippen molar-refractivity contribution in [1.82, 2.24) is 15.5 Å². The van der Waals surface area contributed by atoms with E-state index in [2.05, 4.69) is 0 Å². The molecule has 3 unspecified atom stereocenters. The van der Waals surface area contributed by atoms with E-state index in [4.69, 9.17) is 17.1 Å². The van der Waals surface area contributed by atoms with E-state index < -0.39 is 60.5 Å². The molecule has 0 bridgehead atoms. The van der Waals surface area contributed by atoms with Crippen LogP contribution in [-0.2, 0) is 33.4 Å². The summed E-state index contributed by atoms with van der Waals surface area (Å²) in [6, 6.07) is 5.50. The number of piperidine rings is 1. The highest BCUT2D eigenvalue weighted by molar-refractivity contribution is 6.30. The fourth-order valence-electron chi connectivity index (χ4n) is 3.37. The van der Waals surface area contributed by atoms with Crippen LogP contribution >= 0.6 is 11.6 Å². The van der Waals surface area contributed by atoms with Crippen LogP contribution in [0.15, 0.2) is 42.5 Å². The third-order valence-electron chi connectivity index (χ3n) is 5.00. The molecule has 2 heterocycles. The highest BCUT2D eigenvalue weighted by Crippen LogP contribution is 2.30. The standard InChI is InChI=1S/C22H18ClF2N3O4/c23-15-4-2-14(3-5-15)22(24,25)21(32)26-10-12-1-6-16-13(9-12)11-28(20(16)31)17-7-8-18(29)27-19(17)30/h1-6,9,17H,7-8,10-11H2,(H,26,32)(H,27,29,30)/i7D,10D,17D/hD. The summed E-state index contributed by atoms with van der Waals surface area (Å²) in [6.07, 6.45) is -2.01. The molecule has 1 saturated heterocycles. The minimum atomic E-state index is -4.11. The highest BCUT2D eigenvalue weighted by atomic mass is 35.5. The largest absolute Gasteiger partial charge is 0.349 e. The number of carbonyl (C=O) groups excluding carboxylic acids is 4. The number of carbonyl (C=O) groups is 4. The summed E-state index contributed by atoms with van der Waals surface area (Å²) in [5, 5.41) is 1.95. The van der Waals surface area contributed by atoms with Gasteiger partial charge in [0.05, 0.1) is 2.74 Å². The van der Waals surface area contributed by atoms with E-state index in [0.717, 1.165) is 29.2 Å². The van der Waals surface area contributed by atoms with Crippen molar-refractivity contribution < 1.29 is 33.5 Å². The first-order chi connectivity index (χ1) is 16.8. The number of nitrogens with zero attached hydrogens (tertiary/aromatic N) is 1. The molecule has 4 amide bonds. The molecule has 2 aliphatic rings. The van der Waals surface area contributed by atoms with Gasteiger partial charge in [0.1, 0.15) is 6.02 Å². The van der Waals surface area contributed by atoms with Crippen LogP contribution in [0.5, 0.6) is 0 Å². The third-order valence-corrected chi connectivity index (χ3v) is 5.25. The fourth-order valence-corrected chi connectivity index (χ4v) is 3.49. The number of amides is 4. The topological polar surface area (TPSA) is 95.6 Å². The van der Waals surface area contributed by atoms with Crippen LogP contribution in [0.25, 0.3) is 0 Å². The highest BCUT2D eigenvalue weighted by Gasteiger charge is 2.41. The third kappa shape index (κ3) is 4.08. The van der Waals surface area contributed by atoms with E-state index >= 15 is 0 Å². The molecule has 1 fully saturated rings. The number of nitrogens with one attached hydrogen (secondary N) is 2. The Labute approximate surface area is 192 Å². The van der Waals surface area contributed by atoms with Crippen molar-refractivity contribution in [3.8, 4) is 0 Å². The SMILES string of the molecule is [2H]C(c1ccc2c(c1)CN(C1([2H])C(=O)NC(=O)CC1[2H])C2=O)N([2H])C(=O)C(F)(F)c1ccc(Cl)cc1. The summed E-state index contributed by atoms with van der Waals surface area (Å²) in [6.45, 7) is -2.23. The molecule has 0 radical (unpaired) electrons. The number of rotatable bonds is 5. The predicted molar refractivity (Wildman–Crippen MR) is 110 cm³/mol. The van der Waals surface area contributed by atoms with Gasteiger partial charge >= 0.3 is 5.92 Å². The smallest absolute Gasteiger partial charge is 0.346 e. The van der Waals surface area contributed by atoms with Crippen molar-refractivity contribution >= 4 is 35.2 Å². The maximum Gasteiger partial charge on any atom is 0.349 e. The van der Waals surface area contributed by atoms with E-state index in [0.29, 0.717) is 0 Å². The Hall–Kier alpha value is -3.33. The Morgan fingerprint density at radius 2 is 2.03 bits per heavy atom. The van der Waals surface area contributed by atoms with Crippen LogP contribution in [0.2, 0.25) is 6.43 Å². The normalized spacial score (nSPS) is 25.8. The number of alkyl halides is 2. The zero-order valence-electron chi connectivity index (χ0n) is 20.3. The average molecular weight is 466 g/mol. The van der Waals surface area contributed by atoms with Gasteiger partial charge in [0.15, 0.2) is 1.41 Å². The van der Waals surface area contributed by atoms with E-state index in [-0.39, 0.29) is 33.6 Å². The summed E-state index contributed by atoms with van der Waals surface area (Å²) in [5.74, 6) is -8.67. The minimum absolute atomic E-state index is 0.0452. The number of fused-ring (bicyclic) bond motifs is 1. The van der Waals surface area contributed by atoms with Crippen molar-refractivity contribution in [3.63, 3.8) is 0 Å². The molecule has 3 atom stereocenters. The molecule has 2 N–H and O–H groups in total. The second-order valence-corrected chi connectivity index (χ2v) is 7.56. The van der Waals surface area contributed by atoms with E-state index in [9.17, 15) is 28.0 Å². The van der Waals surface area contributed by atoms with Gasteiger partial charge in [-0.05, 0) is 35.7 Å². The molecule has 0 aromatic heterocycles. The summed E-state index contributed by atoms with van der Waals surface area (Å²) in [4.78, 5) is 50.0. The monoisotopic (exact) mass is 465 g/mol. The van der Waals surface area contributed by atoms with Gasteiger partial charge in [0, 0.05) is 37.0 Å². The lowest BCUT2D eigenvalue weighted by Gasteiger charge is -2.29. The van der Waals surface area contributed by atoms with Crippen LogP contribution in [0.4, 0.5) is 8.78 Å². The molecule has 32 heavy (non-hydrogen) atoms. The zero-order valence-corrected chi connectivity index (χ0v) is 17.0. The summed E-state index contributed by atoms with van der Waals surface area (Å²) in [7, 11) is 0. The van der Waals surface area contributed by atoms with Gasteiger partial charge in [-0.15, -0.1) is 0 Å². The van der Waals surface area contributed by atoms with Crippen molar-refractivity contribution in [2.24, 2.45) is 0 Å². The lowest BCUT2D eigenvalue weighted by molar-refractivity contribution is -0.147. The first-order valence-corrected chi connectivity index (χ1v) is 9.76. The van der Waals surface area contributed by atoms with Gasteiger partial charge < -0.3 is 10.2 Å². The zero-order chi connectivity index (χ0) is 26.6. The molecule has 2 aromatic carbocycles. The molecular formula is C22H18ClF2N3O4. The Morgan fingerprint density at radius 1 is 1.31 bits per heavy atom. The number of benzene rings is 2. The molecular weight excluding hydrogens is 444 g/mol. The first-order valence-electron chi connectivity index (χ1n) is 11.5. The van der Waals surface area contributed by atoms with Crippen molar-refractivity contribution in [2.75, 3.05) is 0 Å². The number of halogens is 3. The van der Waals surface area contributed by atoms with Crippen LogP contribution in [0.1, 0.15) is 44.0 Å². The molecule has 7 nitrogen and oxygen atoms in total. The lowest BCUT2D eigenvalue weighted by Crippen LogP contribution is -2.52. The molecule has 0 spiro atoms. The van der Waals surface area contributed by atoms with E-state index in [1.165, 1.54) is 18.2 Å². The van der Waals surface area contributed by atoms with Crippen LogP contribution < -0.4 is 10.6 Å². The van der Waals surface area contributed by atoms with Gasteiger partial charge in [0.2, 0.25) is 11.8 Å².